The Kier molecular flexibility index (Phi) is 8.30. The number of carbonyl (C=O) groups is 3. The topological polar surface area (TPSA) is 114 Å². The van der Waals surface area contributed by atoms with Crippen molar-refractivity contribution < 1.29 is 42.5 Å². The zero-order chi connectivity index (χ0) is 18.0. The van der Waals surface area contributed by atoms with E-state index in [0.717, 1.165) is 5.56 Å². The molecular formula is C13H14F3NO6. The van der Waals surface area contributed by atoms with Gasteiger partial charge in [0.1, 0.15) is 5.69 Å². The number of esters is 1. The van der Waals surface area contributed by atoms with E-state index in [-0.39, 0.29) is 18.1 Å². The Morgan fingerprint density at radius 3 is 2.13 bits per heavy atom. The van der Waals surface area contributed by atoms with Crippen LogP contribution in [0.5, 0.6) is 0 Å². The fourth-order valence-electron chi connectivity index (χ4n) is 1.18. The second-order valence-electron chi connectivity index (χ2n) is 3.96. The minimum atomic E-state index is -5.08. The molecule has 0 atom stereocenters. The molecular weight excluding hydrogens is 323 g/mol. The molecule has 23 heavy (non-hydrogen) atoms. The average Bonchev–Trinajstić information content (AvgIpc) is 2.45. The van der Waals surface area contributed by atoms with E-state index in [9.17, 15) is 22.8 Å². The SMILES string of the molecule is CCOC(=O)CCc1ccc(C(=O)O)nc1.O=C(O)C(F)(F)F. The van der Waals surface area contributed by atoms with Crippen molar-refractivity contribution in [2.45, 2.75) is 25.9 Å². The number of carboxylic acids is 2. The van der Waals surface area contributed by atoms with E-state index < -0.39 is 18.1 Å². The largest absolute Gasteiger partial charge is 0.490 e. The summed E-state index contributed by atoms with van der Waals surface area (Å²) in [5.74, 6) is -4.07. The molecule has 0 fully saturated rings. The van der Waals surface area contributed by atoms with Gasteiger partial charge in [0.15, 0.2) is 0 Å². The molecule has 1 heterocycles. The number of carboxylic acid groups (broad SMARTS) is 2. The molecule has 0 aliphatic carbocycles. The number of halogens is 3. The molecule has 128 valence electrons. The van der Waals surface area contributed by atoms with E-state index in [1.54, 1.807) is 13.0 Å². The van der Waals surface area contributed by atoms with Gasteiger partial charge in [-0.25, -0.2) is 14.6 Å². The lowest BCUT2D eigenvalue weighted by Crippen LogP contribution is -2.21. The van der Waals surface area contributed by atoms with Crippen LogP contribution in [0.1, 0.15) is 29.4 Å². The normalized spacial score (nSPS) is 10.3. The number of aryl methyl sites for hydroxylation is 1. The second-order valence-corrected chi connectivity index (χ2v) is 3.96. The first kappa shape index (κ1) is 20.3. The fraction of sp³-hybridized carbons (Fsp3) is 0.385. The van der Waals surface area contributed by atoms with Gasteiger partial charge in [0.25, 0.3) is 0 Å². The van der Waals surface area contributed by atoms with Gasteiger partial charge in [-0.3, -0.25) is 4.79 Å². The number of hydrogen-bond acceptors (Lipinski definition) is 5. The first-order valence-electron chi connectivity index (χ1n) is 6.21. The fourth-order valence-corrected chi connectivity index (χ4v) is 1.18. The van der Waals surface area contributed by atoms with Gasteiger partial charge in [0.05, 0.1) is 6.61 Å². The van der Waals surface area contributed by atoms with Crippen molar-refractivity contribution >= 4 is 17.9 Å². The van der Waals surface area contributed by atoms with E-state index in [2.05, 4.69) is 4.98 Å². The van der Waals surface area contributed by atoms with Gasteiger partial charge in [-0.05, 0) is 25.0 Å². The van der Waals surface area contributed by atoms with Crippen LogP contribution in [0.15, 0.2) is 18.3 Å². The number of pyridine rings is 1. The monoisotopic (exact) mass is 337 g/mol. The minimum absolute atomic E-state index is 0.000107. The molecule has 0 aliphatic rings. The number of ether oxygens (including phenoxy) is 1. The Labute approximate surface area is 128 Å². The van der Waals surface area contributed by atoms with Gasteiger partial charge >= 0.3 is 24.1 Å². The number of carbonyl (C=O) groups excluding carboxylic acids is 1. The summed E-state index contributed by atoms with van der Waals surface area (Å²) in [6.45, 7) is 2.12. The summed E-state index contributed by atoms with van der Waals surface area (Å²) in [6, 6.07) is 3.07. The number of rotatable bonds is 5. The van der Waals surface area contributed by atoms with Crippen molar-refractivity contribution in [1.82, 2.24) is 4.98 Å². The molecule has 0 radical (unpaired) electrons. The molecule has 2 N–H and O–H groups in total. The lowest BCUT2D eigenvalue weighted by Gasteiger charge is -2.02. The Morgan fingerprint density at radius 1 is 1.22 bits per heavy atom. The molecule has 0 saturated heterocycles. The third-order valence-electron chi connectivity index (χ3n) is 2.21. The molecule has 1 rings (SSSR count). The molecule has 0 unspecified atom stereocenters. The van der Waals surface area contributed by atoms with Crippen LogP contribution in [0.2, 0.25) is 0 Å². The van der Waals surface area contributed by atoms with Gasteiger partial charge in [0, 0.05) is 12.6 Å². The van der Waals surface area contributed by atoms with Crippen LogP contribution in [0, 0.1) is 0 Å². The predicted octanol–water partition coefficient (Wildman–Crippen LogP) is 1.91. The highest BCUT2D eigenvalue weighted by Crippen LogP contribution is 2.13. The van der Waals surface area contributed by atoms with Crippen LogP contribution in [-0.2, 0) is 20.7 Å². The molecule has 10 heteroatoms. The quantitative estimate of drug-likeness (QED) is 0.789. The lowest BCUT2D eigenvalue weighted by molar-refractivity contribution is -0.192. The molecule has 0 spiro atoms. The number of nitrogens with zero attached hydrogens (tertiary/aromatic N) is 1. The molecule has 0 aliphatic heterocycles. The van der Waals surface area contributed by atoms with Crippen molar-refractivity contribution in [3.63, 3.8) is 0 Å². The number of hydrogen-bond donors (Lipinski definition) is 2. The standard InChI is InChI=1S/C11H13NO4.C2HF3O2/c1-2-16-10(13)6-4-8-3-5-9(11(14)15)12-7-8;3-2(4,5)1(6)7/h3,5,7H,2,4,6H2,1H3,(H,14,15);(H,6,7). The van der Waals surface area contributed by atoms with Gasteiger partial charge in [-0.1, -0.05) is 6.07 Å². The number of aromatic carboxylic acids is 1. The Bertz CT molecular complexity index is 542. The summed E-state index contributed by atoms with van der Waals surface area (Å²) in [5, 5.41) is 15.8. The summed E-state index contributed by atoms with van der Waals surface area (Å²) in [5.41, 5.74) is 0.818. The zero-order valence-electron chi connectivity index (χ0n) is 12.0. The Hall–Kier alpha value is -2.65. The van der Waals surface area contributed by atoms with Crippen LogP contribution in [0.3, 0.4) is 0 Å². The highest BCUT2D eigenvalue weighted by atomic mass is 19.4. The zero-order valence-corrected chi connectivity index (χ0v) is 12.0. The van der Waals surface area contributed by atoms with Crippen LogP contribution in [0.25, 0.3) is 0 Å². The van der Waals surface area contributed by atoms with Crippen LogP contribution in [-0.4, -0.2) is 45.9 Å². The van der Waals surface area contributed by atoms with Crippen molar-refractivity contribution in [3.8, 4) is 0 Å². The molecule has 0 bridgehead atoms. The molecule has 1 aromatic heterocycles. The molecule has 0 aromatic carbocycles. The van der Waals surface area contributed by atoms with E-state index in [1.807, 2.05) is 0 Å². The van der Waals surface area contributed by atoms with Gasteiger partial charge < -0.3 is 14.9 Å². The molecule has 7 nitrogen and oxygen atoms in total. The third-order valence-corrected chi connectivity index (χ3v) is 2.21. The first-order valence-corrected chi connectivity index (χ1v) is 6.21. The van der Waals surface area contributed by atoms with Gasteiger partial charge in [-0.15, -0.1) is 0 Å². The minimum Gasteiger partial charge on any atom is -0.477 e. The van der Waals surface area contributed by atoms with Crippen LogP contribution >= 0.6 is 0 Å². The van der Waals surface area contributed by atoms with Crippen molar-refractivity contribution in [3.05, 3.63) is 29.6 Å². The summed E-state index contributed by atoms with van der Waals surface area (Å²) in [6.07, 6.45) is -2.84. The molecule has 0 saturated carbocycles. The Balaban J connectivity index is 0.000000585. The summed E-state index contributed by atoms with van der Waals surface area (Å²) in [7, 11) is 0. The van der Waals surface area contributed by atoms with E-state index >= 15 is 0 Å². The highest BCUT2D eigenvalue weighted by Gasteiger charge is 2.38. The summed E-state index contributed by atoms with van der Waals surface area (Å²) in [4.78, 5) is 34.2. The summed E-state index contributed by atoms with van der Waals surface area (Å²) >= 11 is 0. The average molecular weight is 337 g/mol. The van der Waals surface area contributed by atoms with Gasteiger partial charge in [-0.2, -0.15) is 13.2 Å². The number of aliphatic carboxylic acids is 1. The van der Waals surface area contributed by atoms with Crippen molar-refractivity contribution in [2.24, 2.45) is 0 Å². The summed E-state index contributed by atoms with van der Waals surface area (Å²) < 4.78 is 36.5. The molecule has 1 aromatic rings. The van der Waals surface area contributed by atoms with E-state index in [4.69, 9.17) is 19.7 Å². The number of alkyl halides is 3. The number of aromatic nitrogens is 1. The van der Waals surface area contributed by atoms with Crippen LogP contribution < -0.4 is 0 Å². The maximum atomic E-state index is 11.1. The van der Waals surface area contributed by atoms with E-state index in [1.165, 1.54) is 12.3 Å². The Morgan fingerprint density at radius 2 is 1.78 bits per heavy atom. The highest BCUT2D eigenvalue weighted by molar-refractivity contribution is 5.85. The lowest BCUT2D eigenvalue weighted by atomic mass is 10.1. The van der Waals surface area contributed by atoms with Crippen LogP contribution in [0.4, 0.5) is 13.2 Å². The second kappa shape index (κ2) is 9.38. The third kappa shape index (κ3) is 9.06. The van der Waals surface area contributed by atoms with Crippen molar-refractivity contribution in [2.75, 3.05) is 6.61 Å². The maximum absolute atomic E-state index is 11.1. The first-order chi connectivity index (χ1) is 10.6. The van der Waals surface area contributed by atoms with Crippen molar-refractivity contribution in [1.29, 1.82) is 0 Å². The van der Waals surface area contributed by atoms with Gasteiger partial charge in [0.2, 0.25) is 0 Å². The predicted molar refractivity (Wildman–Crippen MR) is 69.8 cm³/mol. The maximum Gasteiger partial charge on any atom is 0.490 e. The smallest absolute Gasteiger partial charge is 0.477 e. The van der Waals surface area contributed by atoms with E-state index in [0.29, 0.717) is 13.0 Å². The molecule has 0 amide bonds.